The molecule has 0 unspecified atom stereocenters. The highest BCUT2D eigenvalue weighted by Gasteiger charge is 2.36. The highest BCUT2D eigenvalue weighted by atomic mass is 16.4. The Bertz CT molecular complexity index is 374. The van der Waals surface area contributed by atoms with E-state index in [4.69, 9.17) is 0 Å². The third kappa shape index (κ3) is 4.43. The molecule has 122 valence electrons. The van der Waals surface area contributed by atoms with Gasteiger partial charge in [-0.05, 0) is 52.0 Å². The number of hydrogen-bond donors (Lipinski definition) is 1. The number of likely N-dealkylation sites (N-methyl/N-ethyl adjacent to an activating group) is 2. The van der Waals surface area contributed by atoms with Crippen LogP contribution in [0.25, 0.3) is 0 Å². The van der Waals surface area contributed by atoms with Gasteiger partial charge in [0.2, 0.25) is 5.91 Å². The van der Waals surface area contributed by atoms with Crippen LogP contribution >= 0.6 is 0 Å². The van der Waals surface area contributed by atoms with Crippen molar-refractivity contribution in [3.63, 3.8) is 0 Å². The summed E-state index contributed by atoms with van der Waals surface area (Å²) in [5, 5.41) is 9.31. The number of carbonyl (C=O) groups is 2. The van der Waals surface area contributed by atoms with Crippen molar-refractivity contribution in [1.29, 1.82) is 0 Å². The molecule has 0 aromatic heterocycles. The number of aliphatic carboxylic acids is 1. The van der Waals surface area contributed by atoms with Gasteiger partial charge in [-0.3, -0.25) is 14.5 Å². The lowest BCUT2D eigenvalue weighted by atomic mass is 9.87. The number of carboxylic acids is 1. The van der Waals surface area contributed by atoms with Crippen LogP contribution in [0.15, 0.2) is 0 Å². The first-order chi connectivity index (χ1) is 9.70. The van der Waals surface area contributed by atoms with Crippen molar-refractivity contribution in [2.24, 2.45) is 5.92 Å². The molecule has 1 fully saturated rings. The van der Waals surface area contributed by atoms with E-state index >= 15 is 0 Å². The second-order valence-electron chi connectivity index (χ2n) is 6.80. The van der Waals surface area contributed by atoms with Gasteiger partial charge in [0.25, 0.3) is 0 Å². The summed E-state index contributed by atoms with van der Waals surface area (Å²) in [5.41, 5.74) is -1.02. The van der Waals surface area contributed by atoms with E-state index in [1.165, 1.54) is 12.8 Å². The molecule has 0 radical (unpaired) electrons. The van der Waals surface area contributed by atoms with E-state index in [1.54, 1.807) is 18.7 Å². The number of carbonyl (C=O) groups excluding carboxylic acids is 1. The predicted octanol–water partition coefficient (Wildman–Crippen LogP) is 2.21. The first-order valence-electron chi connectivity index (χ1n) is 7.94. The lowest BCUT2D eigenvalue weighted by Crippen LogP contribution is -2.54. The third-order valence-corrected chi connectivity index (χ3v) is 4.95. The summed E-state index contributed by atoms with van der Waals surface area (Å²) in [6.07, 6.45) is 4.44. The minimum Gasteiger partial charge on any atom is -0.480 e. The molecule has 21 heavy (non-hydrogen) atoms. The average Bonchev–Trinajstić information content (AvgIpc) is 2.44. The lowest BCUT2D eigenvalue weighted by Gasteiger charge is -2.37. The Morgan fingerprint density at radius 3 is 2.14 bits per heavy atom. The zero-order valence-electron chi connectivity index (χ0n) is 14.1. The molecule has 0 aromatic rings. The summed E-state index contributed by atoms with van der Waals surface area (Å²) in [7, 11) is 1.85. The highest BCUT2D eigenvalue weighted by molar-refractivity contribution is 5.81. The van der Waals surface area contributed by atoms with Crippen LogP contribution in [0.1, 0.15) is 53.4 Å². The summed E-state index contributed by atoms with van der Waals surface area (Å²) < 4.78 is 0. The van der Waals surface area contributed by atoms with Crippen molar-refractivity contribution >= 4 is 11.9 Å². The maximum absolute atomic E-state index is 12.5. The molecule has 0 atom stereocenters. The number of rotatable bonds is 6. The van der Waals surface area contributed by atoms with Crippen molar-refractivity contribution in [2.45, 2.75) is 65.0 Å². The van der Waals surface area contributed by atoms with Gasteiger partial charge in [0.1, 0.15) is 5.54 Å². The second-order valence-corrected chi connectivity index (χ2v) is 6.80. The summed E-state index contributed by atoms with van der Waals surface area (Å²) in [6.45, 7) is 8.15. The SMILES string of the molecule is CCN(CC(=O)N(C)C1CCC(C)CC1)C(C)(C)C(=O)O. The lowest BCUT2D eigenvalue weighted by molar-refractivity contribution is -0.151. The number of hydrogen-bond acceptors (Lipinski definition) is 3. The molecule has 1 rings (SSSR count). The van der Waals surface area contributed by atoms with E-state index in [2.05, 4.69) is 6.92 Å². The average molecular weight is 298 g/mol. The minimum absolute atomic E-state index is 0.0192. The van der Waals surface area contributed by atoms with Crippen LogP contribution in [-0.2, 0) is 9.59 Å². The fraction of sp³-hybridized carbons (Fsp3) is 0.875. The highest BCUT2D eigenvalue weighted by Crippen LogP contribution is 2.26. The molecule has 0 heterocycles. The van der Waals surface area contributed by atoms with Crippen molar-refractivity contribution in [2.75, 3.05) is 20.1 Å². The molecule has 1 aliphatic rings. The van der Waals surface area contributed by atoms with E-state index < -0.39 is 11.5 Å². The predicted molar refractivity (Wildman–Crippen MR) is 83.2 cm³/mol. The van der Waals surface area contributed by atoms with E-state index in [9.17, 15) is 14.7 Å². The Labute approximate surface area is 128 Å². The molecule has 1 saturated carbocycles. The number of nitrogens with zero attached hydrogens (tertiary/aromatic N) is 2. The van der Waals surface area contributed by atoms with Gasteiger partial charge < -0.3 is 10.0 Å². The summed E-state index contributed by atoms with van der Waals surface area (Å²) in [6, 6.07) is 0.306. The van der Waals surface area contributed by atoms with Gasteiger partial charge in [0.15, 0.2) is 0 Å². The zero-order valence-corrected chi connectivity index (χ0v) is 14.1. The van der Waals surface area contributed by atoms with Crippen molar-refractivity contribution in [3.05, 3.63) is 0 Å². The summed E-state index contributed by atoms with van der Waals surface area (Å²) in [4.78, 5) is 27.3. The fourth-order valence-electron chi connectivity index (χ4n) is 2.95. The van der Waals surface area contributed by atoms with Crippen LogP contribution in [0.2, 0.25) is 0 Å². The molecule has 1 amide bonds. The van der Waals surface area contributed by atoms with E-state index in [0.29, 0.717) is 12.6 Å². The maximum atomic E-state index is 12.5. The standard InChI is InChI=1S/C16H30N2O3/c1-6-18(16(3,4)15(20)21)11-14(19)17(5)13-9-7-12(2)8-10-13/h12-13H,6-11H2,1-5H3,(H,20,21). The van der Waals surface area contributed by atoms with E-state index in [-0.39, 0.29) is 12.5 Å². The van der Waals surface area contributed by atoms with E-state index in [0.717, 1.165) is 18.8 Å². The molecular weight excluding hydrogens is 268 g/mol. The van der Waals surface area contributed by atoms with Crippen LogP contribution in [0.5, 0.6) is 0 Å². The Hall–Kier alpha value is -1.10. The second kappa shape index (κ2) is 7.25. The molecular formula is C16H30N2O3. The van der Waals surface area contributed by atoms with Crippen LogP contribution in [0, 0.1) is 5.92 Å². The molecule has 0 spiro atoms. The molecule has 1 N–H and O–H groups in total. The van der Waals surface area contributed by atoms with Gasteiger partial charge >= 0.3 is 5.97 Å². The molecule has 1 aliphatic carbocycles. The molecule has 0 bridgehead atoms. The number of amides is 1. The monoisotopic (exact) mass is 298 g/mol. The molecule has 0 saturated heterocycles. The topological polar surface area (TPSA) is 60.9 Å². The molecule has 0 aliphatic heterocycles. The van der Waals surface area contributed by atoms with Gasteiger partial charge in [-0.15, -0.1) is 0 Å². The van der Waals surface area contributed by atoms with Gasteiger partial charge in [-0.25, -0.2) is 0 Å². The van der Waals surface area contributed by atoms with Gasteiger partial charge in [0, 0.05) is 13.1 Å². The normalized spacial score (nSPS) is 23.1. The Kier molecular flexibility index (Phi) is 6.20. The summed E-state index contributed by atoms with van der Waals surface area (Å²) >= 11 is 0. The van der Waals surface area contributed by atoms with Crippen molar-refractivity contribution in [1.82, 2.24) is 9.80 Å². The Morgan fingerprint density at radius 2 is 1.71 bits per heavy atom. The van der Waals surface area contributed by atoms with Gasteiger partial charge in [-0.2, -0.15) is 0 Å². The third-order valence-electron chi connectivity index (χ3n) is 4.95. The maximum Gasteiger partial charge on any atom is 0.323 e. The van der Waals surface area contributed by atoms with Crippen LogP contribution in [0.3, 0.4) is 0 Å². The van der Waals surface area contributed by atoms with Crippen LogP contribution in [-0.4, -0.2) is 58.5 Å². The van der Waals surface area contributed by atoms with Crippen LogP contribution < -0.4 is 0 Å². The number of carboxylic acid groups (broad SMARTS) is 1. The molecule has 5 heteroatoms. The minimum atomic E-state index is -1.02. The fourth-order valence-corrected chi connectivity index (χ4v) is 2.95. The van der Waals surface area contributed by atoms with Crippen molar-refractivity contribution in [3.8, 4) is 0 Å². The first-order valence-corrected chi connectivity index (χ1v) is 7.94. The summed E-state index contributed by atoms with van der Waals surface area (Å²) in [5.74, 6) is -0.125. The van der Waals surface area contributed by atoms with Gasteiger partial charge in [0.05, 0.1) is 6.54 Å². The Balaban J connectivity index is 2.64. The zero-order chi connectivity index (χ0) is 16.2. The smallest absolute Gasteiger partial charge is 0.323 e. The van der Waals surface area contributed by atoms with Crippen LogP contribution in [0.4, 0.5) is 0 Å². The first kappa shape index (κ1) is 18.0. The largest absolute Gasteiger partial charge is 0.480 e. The van der Waals surface area contributed by atoms with Gasteiger partial charge in [-0.1, -0.05) is 13.8 Å². The Morgan fingerprint density at radius 1 is 1.19 bits per heavy atom. The quantitative estimate of drug-likeness (QED) is 0.816. The molecule has 0 aromatic carbocycles. The molecule has 5 nitrogen and oxygen atoms in total. The van der Waals surface area contributed by atoms with E-state index in [1.807, 2.05) is 18.9 Å². The van der Waals surface area contributed by atoms with Crippen molar-refractivity contribution < 1.29 is 14.7 Å².